The van der Waals surface area contributed by atoms with Gasteiger partial charge in [0.2, 0.25) is 0 Å². The summed E-state index contributed by atoms with van der Waals surface area (Å²) in [6, 6.07) is 3.92. The molecule has 16 heavy (non-hydrogen) atoms. The fourth-order valence-corrected chi connectivity index (χ4v) is 1.37. The average Bonchev–Trinajstić information content (AvgIpc) is 2.30. The van der Waals surface area contributed by atoms with Gasteiger partial charge in [-0.2, -0.15) is 0 Å². The number of esters is 1. The van der Waals surface area contributed by atoms with E-state index in [0.717, 1.165) is 5.56 Å². The van der Waals surface area contributed by atoms with Gasteiger partial charge in [-0.3, -0.25) is 4.79 Å². The summed E-state index contributed by atoms with van der Waals surface area (Å²) in [6.45, 7) is 0. The molecule has 1 aromatic carbocycles. The van der Waals surface area contributed by atoms with E-state index < -0.39 is 12.0 Å². The zero-order chi connectivity index (χ0) is 12.1. The number of hydrogen-bond donors (Lipinski definition) is 2. The van der Waals surface area contributed by atoms with Crippen LogP contribution in [-0.2, 0) is 16.0 Å². The molecule has 5 nitrogen and oxygen atoms in total. The quantitative estimate of drug-likeness (QED) is 0.727. The first kappa shape index (κ1) is 12.3. The highest BCUT2D eigenvalue weighted by Crippen LogP contribution is 2.24. The third-order valence-corrected chi connectivity index (χ3v) is 2.21. The maximum absolute atomic E-state index is 11.1. The highest BCUT2D eigenvalue weighted by molar-refractivity contribution is 5.75. The lowest BCUT2D eigenvalue weighted by Gasteiger charge is -2.12. The molecule has 0 spiro atoms. The molecule has 0 aliphatic heterocycles. The molecular formula is C11H15NO4. The number of nitrogens with two attached hydrogens (primary N) is 1. The molecule has 1 rings (SSSR count). The van der Waals surface area contributed by atoms with Crippen LogP contribution < -0.4 is 10.5 Å². The van der Waals surface area contributed by atoms with Crippen molar-refractivity contribution in [3.05, 3.63) is 23.8 Å². The molecule has 5 heteroatoms. The normalized spacial score (nSPS) is 11.9. The maximum Gasteiger partial charge on any atom is 0.322 e. The van der Waals surface area contributed by atoms with Gasteiger partial charge < -0.3 is 20.3 Å². The van der Waals surface area contributed by atoms with Gasteiger partial charge in [-0.25, -0.2) is 0 Å². The Hall–Kier alpha value is -1.75. The first-order valence-corrected chi connectivity index (χ1v) is 4.77. The second kappa shape index (κ2) is 5.37. The van der Waals surface area contributed by atoms with E-state index in [1.54, 1.807) is 6.07 Å². The fraction of sp³-hybridized carbons (Fsp3) is 0.364. The first-order chi connectivity index (χ1) is 7.58. The summed E-state index contributed by atoms with van der Waals surface area (Å²) in [5, 5.41) is 9.26. The molecule has 0 aliphatic carbocycles. The fourth-order valence-electron chi connectivity index (χ4n) is 1.37. The van der Waals surface area contributed by atoms with Gasteiger partial charge in [0.25, 0.3) is 0 Å². The van der Waals surface area contributed by atoms with Crippen molar-refractivity contribution >= 4 is 5.97 Å². The predicted octanol–water partition coefficient (Wildman–Crippen LogP) is 0.444. The Kier molecular flexibility index (Phi) is 4.13. The Morgan fingerprint density at radius 2 is 2.19 bits per heavy atom. The van der Waals surface area contributed by atoms with E-state index in [-0.39, 0.29) is 5.75 Å². The Morgan fingerprint density at radius 3 is 2.75 bits per heavy atom. The summed E-state index contributed by atoms with van der Waals surface area (Å²) in [5.74, 6) is 0.127. The third-order valence-electron chi connectivity index (χ3n) is 2.21. The van der Waals surface area contributed by atoms with Crippen LogP contribution in [0.2, 0.25) is 0 Å². The maximum atomic E-state index is 11.1. The molecule has 0 radical (unpaired) electrons. The monoisotopic (exact) mass is 225 g/mol. The summed E-state index contributed by atoms with van der Waals surface area (Å²) >= 11 is 0. The Balaban J connectivity index is 2.84. The predicted molar refractivity (Wildman–Crippen MR) is 58.4 cm³/mol. The van der Waals surface area contributed by atoms with Gasteiger partial charge in [-0.05, 0) is 11.6 Å². The van der Waals surface area contributed by atoms with Crippen LogP contribution in [0.5, 0.6) is 11.5 Å². The number of benzene rings is 1. The summed E-state index contributed by atoms with van der Waals surface area (Å²) in [7, 11) is 2.78. The molecule has 0 amide bonds. The molecule has 88 valence electrons. The molecule has 0 saturated carbocycles. The lowest BCUT2D eigenvalue weighted by atomic mass is 10.1. The van der Waals surface area contributed by atoms with Crippen LogP contribution in [0.4, 0.5) is 0 Å². The standard InChI is InChI=1S/C11H15NO4/c1-15-10-6-8(13)4-3-7(10)5-9(12)11(14)16-2/h3-4,6,9,13H,5,12H2,1-2H3/t9-/m0/s1. The van der Waals surface area contributed by atoms with E-state index in [4.69, 9.17) is 10.5 Å². The lowest BCUT2D eigenvalue weighted by molar-refractivity contribution is -0.142. The van der Waals surface area contributed by atoms with Crippen LogP contribution >= 0.6 is 0 Å². The van der Waals surface area contributed by atoms with Crippen LogP contribution in [0.15, 0.2) is 18.2 Å². The van der Waals surface area contributed by atoms with Gasteiger partial charge in [0, 0.05) is 12.5 Å². The van der Waals surface area contributed by atoms with Gasteiger partial charge in [-0.1, -0.05) is 6.07 Å². The van der Waals surface area contributed by atoms with Crippen LogP contribution in [0, 0.1) is 0 Å². The molecule has 0 unspecified atom stereocenters. The van der Waals surface area contributed by atoms with Crippen molar-refractivity contribution in [3.63, 3.8) is 0 Å². The molecule has 1 atom stereocenters. The third kappa shape index (κ3) is 2.87. The highest BCUT2D eigenvalue weighted by Gasteiger charge is 2.16. The first-order valence-electron chi connectivity index (χ1n) is 4.77. The van der Waals surface area contributed by atoms with Gasteiger partial charge in [-0.15, -0.1) is 0 Å². The van der Waals surface area contributed by atoms with E-state index in [2.05, 4.69) is 4.74 Å². The zero-order valence-electron chi connectivity index (χ0n) is 9.27. The van der Waals surface area contributed by atoms with Gasteiger partial charge >= 0.3 is 5.97 Å². The van der Waals surface area contributed by atoms with Gasteiger partial charge in [0.15, 0.2) is 0 Å². The van der Waals surface area contributed by atoms with Crippen molar-refractivity contribution in [1.82, 2.24) is 0 Å². The summed E-state index contributed by atoms with van der Waals surface area (Å²) in [5.41, 5.74) is 6.38. The average molecular weight is 225 g/mol. The molecular weight excluding hydrogens is 210 g/mol. The summed E-state index contributed by atoms with van der Waals surface area (Å²) < 4.78 is 9.60. The minimum absolute atomic E-state index is 0.104. The van der Waals surface area contributed by atoms with Crippen LogP contribution in [-0.4, -0.2) is 31.3 Å². The van der Waals surface area contributed by atoms with Crippen molar-refractivity contribution < 1.29 is 19.4 Å². The second-order valence-electron chi connectivity index (χ2n) is 3.33. The van der Waals surface area contributed by atoms with Crippen molar-refractivity contribution in [2.45, 2.75) is 12.5 Å². The molecule has 0 bridgehead atoms. The minimum Gasteiger partial charge on any atom is -0.508 e. The highest BCUT2D eigenvalue weighted by atomic mass is 16.5. The Labute approximate surface area is 93.8 Å². The molecule has 0 aromatic heterocycles. The van der Waals surface area contributed by atoms with Crippen molar-refractivity contribution in [2.75, 3.05) is 14.2 Å². The summed E-state index contributed by atoms with van der Waals surface area (Å²) in [4.78, 5) is 11.1. The molecule has 1 aromatic rings. The number of phenols is 1. The van der Waals surface area contributed by atoms with E-state index >= 15 is 0 Å². The molecule has 0 saturated heterocycles. The van der Waals surface area contributed by atoms with Crippen molar-refractivity contribution in [2.24, 2.45) is 5.73 Å². The number of carbonyl (C=O) groups excluding carboxylic acids is 1. The summed E-state index contributed by atoms with van der Waals surface area (Å²) in [6.07, 6.45) is 0.302. The number of methoxy groups -OCH3 is 2. The number of hydrogen-bond acceptors (Lipinski definition) is 5. The second-order valence-corrected chi connectivity index (χ2v) is 3.33. The van der Waals surface area contributed by atoms with Crippen LogP contribution in [0.1, 0.15) is 5.56 Å². The van der Waals surface area contributed by atoms with E-state index in [1.165, 1.54) is 26.4 Å². The Bertz CT molecular complexity index is 378. The van der Waals surface area contributed by atoms with Crippen molar-refractivity contribution in [3.8, 4) is 11.5 Å². The number of aromatic hydroxyl groups is 1. The number of ether oxygens (including phenoxy) is 2. The number of rotatable bonds is 4. The topological polar surface area (TPSA) is 81.8 Å². The Morgan fingerprint density at radius 1 is 1.50 bits per heavy atom. The minimum atomic E-state index is -0.733. The molecule has 3 N–H and O–H groups in total. The van der Waals surface area contributed by atoms with E-state index in [9.17, 15) is 9.90 Å². The van der Waals surface area contributed by atoms with Crippen molar-refractivity contribution in [1.29, 1.82) is 0 Å². The molecule has 0 heterocycles. The van der Waals surface area contributed by atoms with Gasteiger partial charge in [0.05, 0.1) is 14.2 Å². The zero-order valence-corrected chi connectivity index (χ0v) is 9.27. The lowest BCUT2D eigenvalue weighted by Crippen LogP contribution is -2.33. The SMILES string of the molecule is COC(=O)[C@@H](N)Cc1ccc(O)cc1OC. The van der Waals surface area contributed by atoms with Gasteiger partial charge in [0.1, 0.15) is 17.5 Å². The molecule has 0 aliphatic rings. The largest absolute Gasteiger partial charge is 0.508 e. The van der Waals surface area contributed by atoms with E-state index in [0.29, 0.717) is 12.2 Å². The number of phenolic OH excluding ortho intramolecular Hbond substituents is 1. The van der Waals surface area contributed by atoms with Crippen LogP contribution in [0.25, 0.3) is 0 Å². The van der Waals surface area contributed by atoms with Crippen LogP contribution in [0.3, 0.4) is 0 Å². The number of carbonyl (C=O) groups is 1. The smallest absolute Gasteiger partial charge is 0.322 e. The molecule has 0 fully saturated rings. The van der Waals surface area contributed by atoms with E-state index in [1.807, 2.05) is 0 Å².